The fraction of sp³-hybridized carbons (Fsp3) is 0.250. The monoisotopic (exact) mass is 507 g/mol. The first-order valence-corrected chi connectivity index (χ1v) is 10.9. The Bertz CT molecular complexity index is 1010. The molecule has 4 nitrogen and oxygen atoms in total. The van der Waals surface area contributed by atoms with Crippen LogP contribution in [0, 0.1) is 5.82 Å². The average molecular weight is 509 g/mol. The van der Waals surface area contributed by atoms with Crippen LogP contribution in [0.25, 0.3) is 0 Å². The minimum absolute atomic E-state index is 0.00300. The maximum absolute atomic E-state index is 14.0. The molecule has 1 N–H and O–H groups in total. The van der Waals surface area contributed by atoms with Crippen LogP contribution in [0.3, 0.4) is 0 Å². The van der Waals surface area contributed by atoms with E-state index >= 15 is 0 Å². The van der Waals surface area contributed by atoms with Gasteiger partial charge in [-0.1, -0.05) is 35.9 Å². The standard InChI is InChI=1S/C24H24BrClFNO3/c1-29-22-9-4-3-6-17(22)10-11-28-14-16-12-19(25)24(23(13-16)30-2)31-15-18-20(26)7-5-8-21(18)27/h3-9,12-13,28H,10-11,14-15H2,1-2H3. The molecule has 0 aliphatic carbocycles. The molecule has 0 fully saturated rings. The van der Waals surface area contributed by atoms with Crippen molar-refractivity contribution in [1.82, 2.24) is 5.32 Å². The van der Waals surface area contributed by atoms with E-state index in [1.807, 2.05) is 30.3 Å². The lowest BCUT2D eigenvalue weighted by molar-refractivity contribution is 0.277. The molecular formula is C24H24BrClFNO3. The Morgan fingerprint density at radius 2 is 1.77 bits per heavy atom. The van der Waals surface area contributed by atoms with E-state index in [1.165, 1.54) is 6.07 Å². The lowest BCUT2D eigenvalue weighted by atomic mass is 10.1. The molecule has 0 heterocycles. The topological polar surface area (TPSA) is 39.7 Å². The van der Waals surface area contributed by atoms with Gasteiger partial charge in [0.15, 0.2) is 11.5 Å². The second-order valence-electron chi connectivity index (χ2n) is 6.84. The van der Waals surface area contributed by atoms with Gasteiger partial charge < -0.3 is 19.5 Å². The molecule has 0 amide bonds. The van der Waals surface area contributed by atoms with Crippen LogP contribution < -0.4 is 19.5 Å². The number of methoxy groups -OCH3 is 2. The van der Waals surface area contributed by atoms with E-state index in [-0.39, 0.29) is 6.61 Å². The molecule has 0 radical (unpaired) electrons. The van der Waals surface area contributed by atoms with Gasteiger partial charge in [0.1, 0.15) is 18.2 Å². The van der Waals surface area contributed by atoms with E-state index < -0.39 is 5.82 Å². The van der Waals surface area contributed by atoms with Gasteiger partial charge in [0.2, 0.25) is 0 Å². The summed E-state index contributed by atoms with van der Waals surface area (Å²) in [6.07, 6.45) is 0.854. The first kappa shape index (κ1) is 23.4. The van der Waals surface area contributed by atoms with Crippen molar-refractivity contribution < 1.29 is 18.6 Å². The smallest absolute Gasteiger partial charge is 0.175 e. The number of para-hydroxylation sites is 1. The number of halogens is 3. The Balaban J connectivity index is 1.62. The Morgan fingerprint density at radius 1 is 1.00 bits per heavy atom. The summed E-state index contributed by atoms with van der Waals surface area (Å²) in [6.45, 7) is 1.45. The van der Waals surface area contributed by atoms with E-state index in [0.717, 1.165) is 34.3 Å². The molecule has 31 heavy (non-hydrogen) atoms. The van der Waals surface area contributed by atoms with Crippen LogP contribution in [0.1, 0.15) is 16.7 Å². The average Bonchev–Trinajstić information content (AvgIpc) is 2.77. The summed E-state index contributed by atoms with van der Waals surface area (Å²) in [5.41, 5.74) is 2.49. The molecule has 0 unspecified atom stereocenters. The van der Waals surface area contributed by atoms with Crippen molar-refractivity contribution in [2.75, 3.05) is 20.8 Å². The van der Waals surface area contributed by atoms with Crippen LogP contribution >= 0.6 is 27.5 Å². The van der Waals surface area contributed by atoms with Gasteiger partial charge in [-0.2, -0.15) is 0 Å². The van der Waals surface area contributed by atoms with Gasteiger partial charge in [0, 0.05) is 12.1 Å². The Morgan fingerprint density at radius 3 is 2.52 bits per heavy atom. The van der Waals surface area contributed by atoms with Crippen molar-refractivity contribution in [2.24, 2.45) is 0 Å². The van der Waals surface area contributed by atoms with Crippen LogP contribution in [-0.4, -0.2) is 20.8 Å². The summed E-state index contributed by atoms with van der Waals surface area (Å²) >= 11 is 9.63. The molecule has 3 aromatic carbocycles. The second-order valence-corrected chi connectivity index (χ2v) is 8.10. The molecule has 0 aliphatic heterocycles. The van der Waals surface area contributed by atoms with Gasteiger partial charge in [-0.05, 0) is 70.4 Å². The van der Waals surface area contributed by atoms with Crippen LogP contribution in [-0.2, 0) is 19.6 Å². The molecule has 0 saturated heterocycles. The minimum Gasteiger partial charge on any atom is -0.496 e. The highest BCUT2D eigenvalue weighted by Crippen LogP contribution is 2.37. The fourth-order valence-electron chi connectivity index (χ4n) is 3.20. The Hall–Kier alpha value is -2.28. The first-order valence-electron chi connectivity index (χ1n) is 9.78. The number of hydrogen-bond donors (Lipinski definition) is 1. The summed E-state index contributed by atoms with van der Waals surface area (Å²) in [4.78, 5) is 0. The van der Waals surface area contributed by atoms with Crippen LogP contribution in [0.2, 0.25) is 5.02 Å². The van der Waals surface area contributed by atoms with Crippen molar-refractivity contribution in [3.8, 4) is 17.2 Å². The molecule has 3 rings (SSSR count). The summed E-state index contributed by atoms with van der Waals surface area (Å²) < 4.78 is 31.5. The number of benzene rings is 3. The lowest BCUT2D eigenvalue weighted by Crippen LogP contribution is -2.17. The quantitative estimate of drug-likeness (QED) is 0.333. The normalized spacial score (nSPS) is 10.7. The number of hydrogen-bond acceptors (Lipinski definition) is 4. The van der Waals surface area contributed by atoms with Gasteiger partial charge in [-0.3, -0.25) is 0 Å². The van der Waals surface area contributed by atoms with Crippen molar-refractivity contribution in [3.63, 3.8) is 0 Å². The van der Waals surface area contributed by atoms with E-state index in [9.17, 15) is 4.39 Å². The van der Waals surface area contributed by atoms with Crippen molar-refractivity contribution in [2.45, 2.75) is 19.6 Å². The third kappa shape index (κ3) is 6.12. The van der Waals surface area contributed by atoms with Crippen LogP contribution in [0.4, 0.5) is 4.39 Å². The molecule has 0 bridgehead atoms. The van der Waals surface area contributed by atoms with Crippen molar-refractivity contribution >= 4 is 27.5 Å². The van der Waals surface area contributed by atoms with Crippen molar-refractivity contribution in [3.05, 3.63) is 86.6 Å². The van der Waals surface area contributed by atoms with E-state index in [4.69, 9.17) is 25.8 Å². The number of nitrogens with one attached hydrogen (secondary N) is 1. The highest BCUT2D eigenvalue weighted by molar-refractivity contribution is 9.10. The zero-order chi connectivity index (χ0) is 22.2. The van der Waals surface area contributed by atoms with E-state index in [0.29, 0.717) is 28.6 Å². The fourth-order valence-corrected chi connectivity index (χ4v) is 4.02. The maximum atomic E-state index is 14.0. The molecule has 0 aromatic heterocycles. The largest absolute Gasteiger partial charge is 0.496 e. The van der Waals surface area contributed by atoms with Gasteiger partial charge in [0.25, 0.3) is 0 Å². The predicted molar refractivity (Wildman–Crippen MR) is 125 cm³/mol. The maximum Gasteiger partial charge on any atom is 0.175 e. The summed E-state index contributed by atoms with van der Waals surface area (Å²) in [5.74, 6) is 1.55. The molecule has 0 spiro atoms. The van der Waals surface area contributed by atoms with E-state index in [1.54, 1.807) is 26.4 Å². The van der Waals surface area contributed by atoms with Gasteiger partial charge >= 0.3 is 0 Å². The zero-order valence-electron chi connectivity index (χ0n) is 17.4. The van der Waals surface area contributed by atoms with Gasteiger partial charge in [-0.25, -0.2) is 4.39 Å². The van der Waals surface area contributed by atoms with Crippen molar-refractivity contribution in [1.29, 1.82) is 0 Å². The minimum atomic E-state index is -0.404. The molecule has 3 aromatic rings. The van der Waals surface area contributed by atoms with Crippen LogP contribution in [0.5, 0.6) is 17.2 Å². The summed E-state index contributed by atoms with van der Waals surface area (Å²) in [7, 11) is 3.25. The highest BCUT2D eigenvalue weighted by atomic mass is 79.9. The zero-order valence-corrected chi connectivity index (χ0v) is 19.7. The number of rotatable bonds is 10. The van der Waals surface area contributed by atoms with E-state index in [2.05, 4.69) is 27.3 Å². The molecule has 164 valence electrons. The predicted octanol–water partition coefficient (Wildman–Crippen LogP) is 6.17. The van der Waals surface area contributed by atoms with Crippen LogP contribution in [0.15, 0.2) is 59.1 Å². The molecular weight excluding hydrogens is 485 g/mol. The molecule has 0 atom stereocenters. The summed E-state index contributed by atoms with van der Waals surface area (Å²) in [6, 6.07) is 16.4. The molecule has 0 aliphatic rings. The third-order valence-electron chi connectivity index (χ3n) is 4.80. The number of ether oxygens (including phenoxy) is 3. The lowest BCUT2D eigenvalue weighted by Gasteiger charge is -2.16. The van der Waals surface area contributed by atoms with Gasteiger partial charge in [-0.15, -0.1) is 0 Å². The third-order valence-corrected chi connectivity index (χ3v) is 5.75. The second kappa shape index (κ2) is 11.4. The SMILES string of the molecule is COc1ccccc1CCNCc1cc(Br)c(OCc2c(F)cccc2Cl)c(OC)c1. The molecule has 7 heteroatoms. The highest BCUT2D eigenvalue weighted by Gasteiger charge is 2.14. The summed E-state index contributed by atoms with van der Waals surface area (Å²) in [5, 5.41) is 3.76. The Labute approximate surface area is 195 Å². The van der Waals surface area contributed by atoms with Gasteiger partial charge in [0.05, 0.1) is 23.7 Å². The first-order chi connectivity index (χ1) is 15.0. The Kier molecular flexibility index (Phi) is 8.58. The molecule has 0 saturated carbocycles.